The summed E-state index contributed by atoms with van der Waals surface area (Å²) in [7, 11) is -3.61. The lowest BCUT2D eigenvalue weighted by atomic mass is 10.2. The molecule has 0 unspecified atom stereocenters. The maximum absolute atomic E-state index is 12.3. The SMILES string of the molecule is Cc1ccc(S(=O)(=O)Nc2ccc(Br)c(Cl)c2C)cc1. The van der Waals surface area contributed by atoms with Crippen LogP contribution in [0.5, 0.6) is 0 Å². The topological polar surface area (TPSA) is 46.2 Å². The van der Waals surface area contributed by atoms with E-state index in [1.54, 1.807) is 43.3 Å². The molecule has 3 nitrogen and oxygen atoms in total. The Bertz CT molecular complexity index is 743. The Morgan fingerprint density at radius 1 is 1.05 bits per heavy atom. The standard InChI is InChI=1S/C14H13BrClNO2S/c1-9-3-5-11(6-4-9)20(18,19)17-13-8-7-12(15)14(16)10(13)2/h3-8,17H,1-2H3. The number of hydrogen-bond donors (Lipinski definition) is 1. The average molecular weight is 375 g/mol. The van der Waals surface area contributed by atoms with Gasteiger partial charge in [0.25, 0.3) is 10.0 Å². The van der Waals surface area contributed by atoms with Gasteiger partial charge in [-0.3, -0.25) is 4.72 Å². The van der Waals surface area contributed by atoms with Gasteiger partial charge in [0.2, 0.25) is 0 Å². The third-order valence-electron chi connectivity index (χ3n) is 2.91. The van der Waals surface area contributed by atoms with Gasteiger partial charge in [0.1, 0.15) is 0 Å². The molecule has 0 aromatic heterocycles. The summed E-state index contributed by atoms with van der Waals surface area (Å²) in [4.78, 5) is 0.224. The smallest absolute Gasteiger partial charge is 0.261 e. The van der Waals surface area contributed by atoms with Crippen molar-refractivity contribution in [2.24, 2.45) is 0 Å². The molecule has 6 heteroatoms. The van der Waals surface area contributed by atoms with E-state index in [2.05, 4.69) is 20.7 Å². The van der Waals surface area contributed by atoms with Crippen LogP contribution in [0.15, 0.2) is 45.8 Å². The van der Waals surface area contributed by atoms with Gasteiger partial charge in [-0.2, -0.15) is 0 Å². The fourth-order valence-corrected chi connectivity index (χ4v) is 3.40. The molecule has 0 amide bonds. The van der Waals surface area contributed by atoms with Crippen molar-refractivity contribution in [2.45, 2.75) is 18.7 Å². The molecule has 20 heavy (non-hydrogen) atoms. The molecular formula is C14H13BrClNO2S. The monoisotopic (exact) mass is 373 g/mol. The van der Waals surface area contributed by atoms with Crippen molar-refractivity contribution in [1.29, 1.82) is 0 Å². The van der Waals surface area contributed by atoms with Crippen LogP contribution in [0.25, 0.3) is 0 Å². The largest absolute Gasteiger partial charge is 0.279 e. The van der Waals surface area contributed by atoms with Crippen LogP contribution < -0.4 is 4.72 Å². The van der Waals surface area contributed by atoms with E-state index in [0.717, 1.165) is 10.0 Å². The van der Waals surface area contributed by atoms with E-state index in [-0.39, 0.29) is 4.90 Å². The first kappa shape index (κ1) is 15.4. The molecule has 0 saturated heterocycles. The summed E-state index contributed by atoms with van der Waals surface area (Å²) in [5, 5.41) is 0.495. The molecule has 0 spiro atoms. The van der Waals surface area contributed by atoms with E-state index in [9.17, 15) is 8.42 Å². The van der Waals surface area contributed by atoms with Crippen LogP contribution in [0.4, 0.5) is 5.69 Å². The maximum Gasteiger partial charge on any atom is 0.261 e. The molecule has 0 aliphatic carbocycles. The number of halogens is 2. The Labute approximate surface area is 132 Å². The number of hydrogen-bond acceptors (Lipinski definition) is 2. The summed E-state index contributed by atoms with van der Waals surface area (Å²) < 4.78 is 27.9. The first-order chi connectivity index (χ1) is 9.31. The van der Waals surface area contributed by atoms with Gasteiger partial charge < -0.3 is 0 Å². The lowest BCUT2D eigenvalue weighted by Gasteiger charge is -2.12. The molecule has 0 heterocycles. The van der Waals surface area contributed by atoms with Crippen molar-refractivity contribution in [3.05, 3.63) is 57.0 Å². The number of rotatable bonds is 3. The zero-order valence-corrected chi connectivity index (χ0v) is 14.1. The highest BCUT2D eigenvalue weighted by Crippen LogP contribution is 2.32. The van der Waals surface area contributed by atoms with Gasteiger partial charge in [0.15, 0.2) is 0 Å². The normalized spacial score (nSPS) is 11.4. The highest BCUT2D eigenvalue weighted by molar-refractivity contribution is 9.10. The van der Waals surface area contributed by atoms with E-state index in [4.69, 9.17) is 11.6 Å². The first-order valence-corrected chi connectivity index (χ1v) is 8.51. The van der Waals surface area contributed by atoms with Crippen LogP contribution in [0.3, 0.4) is 0 Å². The molecule has 0 bridgehead atoms. The highest BCUT2D eigenvalue weighted by atomic mass is 79.9. The minimum atomic E-state index is -3.61. The van der Waals surface area contributed by atoms with Gasteiger partial charge in [-0.25, -0.2) is 8.42 Å². The highest BCUT2D eigenvalue weighted by Gasteiger charge is 2.16. The minimum absolute atomic E-state index is 0.224. The lowest BCUT2D eigenvalue weighted by Crippen LogP contribution is -2.13. The summed E-state index contributed by atoms with van der Waals surface area (Å²) in [6, 6.07) is 10.1. The maximum atomic E-state index is 12.3. The second kappa shape index (κ2) is 5.76. The van der Waals surface area contributed by atoms with E-state index in [1.165, 1.54) is 0 Å². The van der Waals surface area contributed by atoms with Gasteiger partial charge >= 0.3 is 0 Å². The van der Waals surface area contributed by atoms with E-state index in [1.807, 2.05) is 6.92 Å². The number of sulfonamides is 1. The Hall–Kier alpha value is -1.04. The molecule has 2 aromatic rings. The molecule has 0 aliphatic heterocycles. The van der Waals surface area contributed by atoms with Gasteiger partial charge in [0, 0.05) is 4.47 Å². The van der Waals surface area contributed by atoms with Gasteiger partial charge in [-0.1, -0.05) is 29.3 Å². The zero-order chi connectivity index (χ0) is 14.9. The third kappa shape index (κ3) is 3.16. The Kier molecular flexibility index (Phi) is 4.42. The Balaban J connectivity index is 2.38. The van der Waals surface area contributed by atoms with Crippen molar-refractivity contribution < 1.29 is 8.42 Å². The summed E-state index contributed by atoms with van der Waals surface area (Å²) in [6.45, 7) is 3.67. The number of anilines is 1. The molecular weight excluding hydrogens is 362 g/mol. The second-order valence-corrected chi connectivity index (χ2v) is 7.37. The second-order valence-electron chi connectivity index (χ2n) is 4.45. The third-order valence-corrected chi connectivity index (χ3v) is 5.67. The molecule has 0 fully saturated rings. The molecule has 0 radical (unpaired) electrons. The molecule has 0 aliphatic rings. The van der Waals surface area contributed by atoms with Crippen LogP contribution in [0.2, 0.25) is 5.02 Å². The quantitative estimate of drug-likeness (QED) is 0.858. The van der Waals surface area contributed by atoms with E-state index >= 15 is 0 Å². The van der Waals surface area contributed by atoms with Crippen LogP contribution in [-0.2, 0) is 10.0 Å². The Morgan fingerprint density at radius 2 is 1.65 bits per heavy atom. The predicted octanol–water partition coefficient (Wildman–Crippen LogP) is 4.52. The van der Waals surface area contributed by atoms with Gasteiger partial charge in [-0.05, 0) is 59.6 Å². The molecule has 1 N–H and O–H groups in total. The Morgan fingerprint density at radius 3 is 2.25 bits per heavy atom. The first-order valence-electron chi connectivity index (χ1n) is 5.85. The summed E-state index contributed by atoms with van der Waals surface area (Å²) in [5.41, 5.74) is 2.15. The zero-order valence-electron chi connectivity index (χ0n) is 10.9. The van der Waals surface area contributed by atoms with Crippen LogP contribution in [0, 0.1) is 13.8 Å². The van der Waals surface area contributed by atoms with Crippen LogP contribution >= 0.6 is 27.5 Å². The van der Waals surface area contributed by atoms with Gasteiger partial charge in [0.05, 0.1) is 15.6 Å². The lowest BCUT2D eigenvalue weighted by molar-refractivity contribution is 0.601. The van der Waals surface area contributed by atoms with E-state index < -0.39 is 10.0 Å². The number of benzene rings is 2. The van der Waals surface area contributed by atoms with Crippen molar-refractivity contribution in [3.8, 4) is 0 Å². The van der Waals surface area contributed by atoms with Crippen LogP contribution in [0.1, 0.15) is 11.1 Å². The fourth-order valence-electron chi connectivity index (χ4n) is 1.68. The number of nitrogens with one attached hydrogen (secondary N) is 1. The fraction of sp³-hybridized carbons (Fsp3) is 0.143. The molecule has 0 atom stereocenters. The predicted molar refractivity (Wildman–Crippen MR) is 85.9 cm³/mol. The van der Waals surface area contributed by atoms with Crippen molar-refractivity contribution in [2.75, 3.05) is 4.72 Å². The molecule has 106 valence electrons. The van der Waals surface area contributed by atoms with E-state index in [0.29, 0.717) is 16.3 Å². The van der Waals surface area contributed by atoms with Crippen LogP contribution in [-0.4, -0.2) is 8.42 Å². The summed E-state index contributed by atoms with van der Waals surface area (Å²) in [6.07, 6.45) is 0. The molecule has 0 saturated carbocycles. The molecule has 2 rings (SSSR count). The minimum Gasteiger partial charge on any atom is -0.279 e. The average Bonchev–Trinajstić information content (AvgIpc) is 2.40. The summed E-state index contributed by atoms with van der Waals surface area (Å²) in [5.74, 6) is 0. The number of aryl methyl sites for hydroxylation is 1. The summed E-state index contributed by atoms with van der Waals surface area (Å²) >= 11 is 9.40. The van der Waals surface area contributed by atoms with Gasteiger partial charge in [-0.15, -0.1) is 0 Å². The van der Waals surface area contributed by atoms with Crippen molar-refractivity contribution in [1.82, 2.24) is 0 Å². The van der Waals surface area contributed by atoms with Crippen molar-refractivity contribution >= 4 is 43.2 Å². The molecule has 2 aromatic carbocycles. The van der Waals surface area contributed by atoms with Crippen molar-refractivity contribution in [3.63, 3.8) is 0 Å².